The first-order valence-electron chi connectivity index (χ1n) is 13.2. The van der Waals surface area contributed by atoms with Gasteiger partial charge in [0.05, 0.1) is 26.5 Å². The standard InChI is InChI=1S/C20H28BN4O20P3/c1-7-3-24(19(32)22-15(7)30)17-13(28)11(26)9(42-17)5-40-47(35,36)44-46(21,34)45-48(37,38)41-6-10-12(27)14(29)18(43-10)25-4-8(39-2)16(31)23-20(25)33/h3-4,9-14,17-18,26-29H,5-6H2,1-2H3,(H,35,36)(H,37,38)(H,22,30,32)(H,23,31,33)/t9-,10+,11+,12-,13?,14?,17-,18+,46?/m1/s1. The average molecular weight is 748 g/mol. The third kappa shape index (κ3) is 8.59. The number of aliphatic hydroxyl groups is 4. The molecule has 0 amide bonds. The molecule has 2 aromatic heterocycles. The van der Waals surface area contributed by atoms with E-state index in [0.717, 1.165) is 24.1 Å². The van der Waals surface area contributed by atoms with Crippen LogP contribution in [0, 0.1) is 6.92 Å². The Labute approximate surface area is 267 Å². The highest BCUT2D eigenvalue weighted by Gasteiger charge is 2.48. The molecule has 5 unspecified atom stereocenters. The van der Waals surface area contributed by atoms with Crippen molar-refractivity contribution in [2.75, 3.05) is 20.3 Å². The molecular formula is C20H28BN4O20P3. The van der Waals surface area contributed by atoms with Gasteiger partial charge in [-0.25, -0.2) is 27.3 Å². The molecule has 0 aliphatic carbocycles. The zero-order valence-corrected chi connectivity index (χ0v) is 27.1. The van der Waals surface area contributed by atoms with Gasteiger partial charge >= 0.3 is 27.0 Å². The molecule has 2 aliphatic heterocycles. The minimum atomic E-state index is -5.60. The average Bonchev–Trinajstić information content (AvgIpc) is 3.41. The number of hydrogen-bond acceptors (Lipinski definition) is 18. The van der Waals surface area contributed by atoms with E-state index in [4.69, 9.17) is 21.8 Å². The number of nitrogens with one attached hydrogen (secondary N) is 2. The summed E-state index contributed by atoms with van der Waals surface area (Å²) in [6.45, 7) is -0.861. The van der Waals surface area contributed by atoms with Gasteiger partial charge in [0.15, 0.2) is 12.5 Å². The van der Waals surface area contributed by atoms with E-state index in [0.29, 0.717) is 4.57 Å². The van der Waals surface area contributed by atoms with E-state index < -0.39 is 108 Å². The summed E-state index contributed by atoms with van der Waals surface area (Å²) >= 11 is 0. The second kappa shape index (κ2) is 14.3. The van der Waals surface area contributed by atoms with Crippen LogP contribution in [0.3, 0.4) is 0 Å². The molecule has 0 bridgehead atoms. The number of aliphatic hydroxyl groups excluding tert-OH is 4. The summed E-state index contributed by atoms with van der Waals surface area (Å²) in [5.74, 6) is -0.372. The van der Waals surface area contributed by atoms with Crippen molar-refractivity contribution in [2.45, 2.75) is 56.0 Å². The highest BCUT2D eigenvalue weighted by Crippen LogP contribution is 2.67. The van der Waals surface area contributed by atoms with Gasteiger partial charge in [-0.05, 0) is 6.92 Å². The molecule has 2 radical (unpaired) electrons. The van der Waals surface area contributed by atoms with E-state index in [1.165, 1.54) is 6.92 Å². The van der Waals surface area contributed by atoms with Crippen LogP contribution in [-0.2, 0) is 40.8 Å². The first kappa shape index (κ1) is 38.2. The van der Waals surface area contributed by atoms with Crippen molar-refractivity contribution in [1.82, 2.24) is 19.1 Å². The number of aromatic amines is 2. The van der Waals surface area contributed by atoms with Gasteiger partial charge in [0.25, 0.3) is 18.6 Å². The SMILES string of the molecule is [B]P(=O)(OP(=O)(O)OC[C@@H]1O[C@H](n2cc(OC)c(=O)[nH]c2=O)C(O)[C@@H]1O)OP(=O)(O)OC[C@H]1O[C@@H](n2cc(C)c(=O)[nH]c2=O)C(O)[C@H]1O. The Morgan fingerprint density at radius 2 is 1.19 bits per heavy atom. The Balaban J connectivity index is 1.33. The number of rotatable bonds is 13. The third-order valence-electron chi connectivity index (χ3n) is 6.76. The predicted octanol–water partition coefficient (Wildman–Crippen LogP) is -3.81. The smallest absolute Gasteiger partial charge is 0.478 e. The number of aryl methyl sites for hydroxylation is 1. The fourth-order valence-electron chi connectivity index (χ4n) is 4.45. The fraction of sp³-hybridized carbons (Fsp3) is 0.600. The number of nitrogens with zero attached hydrogens (tertiary/aromatic N) is 2. The minimum absolute atomic E-state index is 0.0362. The van der Waals surface area contributed by atoms with Gasteiger partial charge in [-0.3, -0.25) is 42.3 Å². The maximum absolute atomic E-state index is 12.5. The molecule has 266 valence electrons. The Hall–Kier alpha value is -2.57. The van der Waals surface area contributed by atoms with Crippen molar-refractivity contribution >= 4 is 30.7 Å². The van der Waals surface area contributed by atoms with Crippen LogP contribution in [0.1, 0.15) is 18.0 Å². The van der Waals surface area contributed by atoms with Gasteiger partial charge in [-0.2, -0.15) is 0 Å². The van der Waals surface area contributed by atoms with E-state index >= 15 is 0 Å². The molecule has 2 fully saturated rings. The van der Waals surface area contributed by atoms with Crippen LogP contribution in [0.25, 0.3) is 0 Å². The highest BCUT2D eigenvalue weighted by molar-refractivity contribution is 7.86. The van der Waals surface area contributed by atoms with E-state index in [1.807, 2.05) is 9.97 Å². The molecule has 4 rings (SSSR count). The number of phosphoric ester groups is 2. The van der Waals surface area contributed by atoms with E-state index in [9.17, 15) is 63.1 Å². The molecule has 11 atom stereocenters. The Morgan fingerprint density at radius 1 is 0.771 bits per heavy atom. The zero-order valence-electron chi connectivity index (χ0n) is 24.4. The van der Waals surface area contributed by atoms with Crippen LogP contribution in [0.4, 0.5) is 0 Å². The summed E-state index contributed by atoms with van der Waals surface area (Å²) in [6, 6.07) is 0. The Bertz CT molecular complexity index is 1900. The monoisotopic (exact) mass is 748 g/mol. The number of phosphoric acid groups is 2. The van der Waals surface area contributed by atoms with Crippen LogP contribution >= 0.6 is 23.1 Å². The molecule has 0 aromatic carbocycles. The molecule has 48 heavy (non-hydrogen) atoms. The summed E-state index contributed by atoms with van der Waals surface area (Å²) in [4.78, 5) is 71.4. The van der Waals surface area contributed by atoms with Crippen LogP contribution in [0.5, 0.6) is 5.75 Å². The molecule has 2 saturated heterocycles. The molecule has 2 aromatic rings. The van der Waals surface area contributed by atoms with Crippen molar-refractivity contribution in [3.05, 3.63) is 59.6 Å². The molecule has 0 spiro atoms. The van der Waals surface area contributed by atoms with Gasteiger partial charge in [0.1, 0.15) is 36.6 Å². The molecule has 24 nitrogen and oxygen atoms in total. The largest absolute Gasteiger partial charge is 0.490 e. The maximum Gasteiger partial charge on any atom is 0.478 e. The van der Waals surface area contributed by atoms with Crippen molar-refractivity contribution in [3.63, 3.8) is 0 Å². The predicted molar refractivity (Wildman–Crippen MR) is 153 cm³/mol. The quantitative estimate of drug-likeness (QED) is 0.0719. The van der Waals surface area contributed by atoms with Crippen molar-refractivity contribution in [2.24, 2.45) is 0 Å². The van der Waals surface area contributed by atoms with Gasteiger partial charge in [-0.1, -0.05) is 0 Å². The van der Waals surface area contributed by atoms with Crippen molar-refractivity contribution in [3.8, 4) is 5.75 Å². The fourth-order valence-corrected chi connectivity index (χ4v) is 8.19. The molecule has 8 N–H and O–H groups in total. The lowest BCUT2D eigenvalue weighted by Gasteiger charge is -2.23. The summed E-state index contributed by atoms with van der Waals surface area (Å²) in [5, 5.41) is 41.2. The van der Waals surface area contributed by atoms with Gasteiger partial charge in [0, 0.05) is 11.8 Å². The summed E-state index contributed by atoms with van der Waals surface area (Å²) < 4.78 is 71.5. The van der Waals surface area contributed by atoms with Crippen LogP contribution in [0.2, 0.25) is 0 Å². The number of H-pyrrole nitrogens is 2. The summed E-state index contributed by atoms with van der Waals surface area (Å²) in [5.41, 5.74) is -3.71. The number of ether oxygens (including phenoxy) is 3. The molecule has 4 heterocycles. The highest BCUT2D eigenvalue weighted by atomic mass is 31.3. The second-order valence-corrected chi connectivity index (χ2v) is 14.9. The third-order valence-corrected chi connectivity index (χ3v) is 11.2. The summed E-state index contributed by atoms with van der Waals surface area (Å²) in [7, 11) is -10.4. The van der Waals surface area contributed by atoms with Crippen LogP contribution in [0.15, 0.2) is 31.6 Å². The zero-order chi connectivity index (χ0) is 35.9. The summed E-state index contributed by atoms with van der Waals surface area (Å²) in [6.07, 6.45) is -12.1. The van der Waals surface area contributed by atoms with E-state index in [-0.39, 0.29) is 11.3 Å². The lowest BCUT2D eigenvalue weighted by atomic mass is 10.1. The van der Waals surface area contributed by atoms with Crippen LogP contribution < -0.4 is 27.2 Å². The second-order valence-electron chi connectivity index (χ2n) is 10.2. The first-order chi connectivity index (χ1) is 22.1. The van der Waals surface area contributed by atoms with Crippen molar-refractivity contribution < 1.29 is 75.8 Å². The Kier molecular flexibility index (Phi) is 11.4. The van der Waals surface area contributed by atoms with Crippen molar-refractivity contribution in [1.29, 1.82) is 0 Å². The molecule has 0 saturated carbocycles. The molecule has 2 aliphatic rings. The lowest BCUT2D eigenvalue weighted by molar-refractivity contribution is -0.0547. The Morgan fingerprint density at radius 3 is 1.62 bits per heavy atom. The number of methoxy groups -OCH3 is 1. The minimum Gasteiger partial charge on any atom is -0.490 e. The molecule has 28 heteroatoms. The van der Waals surface area contributed by atoms with Gasteiger partial charge < -0.3 is 44.4 Å². The van der Waals surface area contributed by atoms with Gasteiger partial charge in [-0.15, -0.1) is 0 Å². The lowest BCUT2D eigenvalue weighted by Crippen LogP contribution is -2.38. The van der Waals surface area contributed by atoms with Crippen LogP contribution in [-0.4, -0.2) is 114 Å². The number of hydrogen-bond donors (Lipinski definition) is 8. The molecular weight excluding hydrogens is 720 g/mol. The topological polar surface area (TPSA) is 347 Å². The van der Waals surface area contributed by atoms with Gasteiger partial charge in [0.2, 0.25) is 13.3 Å². The number of aromatic nitrogens is 4. The van der Waals surface area contributed by atoms with E-state index in [1.54, 1.807) is 0 Å². The first-order valence-corrected chi connectivity index (χ1v) is 17.8. The van der Waals surface area contributed by atoms with E-state index in [2.05, 4.69) is 17.7 Å². The normalized spacial score (nSPS) is 31.2. The maximum atomic E-state index is 12.5.